The summed E-state index contributed by atoms with van der Waals surface area (Å²) in [6.45, 7) is 0. The second kappa shape index (κ2) is 3.46. The van der Waals surface area contributed by atoms with Crippen LogP contribution in [0.3, 0.4) is 0 Å². The van der Waals surface area contributed by atoms with Crippen LogP contribution in [-0.4, -0.2) is 20.6 Å². The van der Waals surface area contributed by atoms with Gasteiger partial charge in [-0.05, 0) is 25.2 Å². The van der Waals surface area contributed by atoms with E-state index in [2.05, 4.69) is 0 Å². The molecule has 0 aromatic heterocycles. The predicted octanol–water partition coefficient (Wildman–Crippen LogP) is 0.336. The molecule has 1 aliphatic carbocycles. The van der Waals surface area contributed by atoms with Gasteiger partial charge in [-0.3, -0.25) is 0 Å². The summed E-state index contributed by atoms with van der Waals surface area (Å²) in [5.41, 5.74) is 5.62. The number of hydrogen-bond donors (Lipinski definition) is 2. The minimum Gasteiger partial charge on any atom is -0.328 e. The van der Waals surface area contributed by atoms with Gasteiger partial charge in [-0.15, -0.1) is 0 Å². The molecule has 1 rings (SSSR count). The van der Waals surface area contributed by atoms with E-state index >= 15 is 0 Å². The number of hydrogen-bond acceptors (Lipinski definition) is 2. The van der Waals surface area contributed by atoms with E-state index in [4.69, 9.17) is 10.3 Å². The first-order valence-corrected chi connectivity index (χ1v) is 4.79. The van der Waals surface area contributed by atoms with Crippen molar-refractivity contribution in [2.24, 2.45) is 11.7 Å². The molecule has 0 heterocycles. The Morgan fingerprint density at radius 1 is 1.60 bits per heavy atom. The highest BCUT2D eigenvalue weighted by atomic mass is 32.2. The minimum absolute atomic E-state index is 0.272. The summed E-state index contributed by atoms with van der Waals surface area (Å²) in [7, 11) is 0. The van der Waals surface area contributed by atoms with Crippen molar-refractivity contribution in [1.29, 1.82) is 0 Å². The Morgan fingerprint density at radius 2 is 2.30 bits per heavy atom. The van der Waals surface area contributed by atoms with Crippen LogP contribution in [0, 0.1) is 5.92 Å². The van der Waals surface area contributed by atoms with Gasteiger partial charge in [-0.25, -0.2) is 4.21 Å². The lowest BCUT2D eigenvalue weighted by molar-refractivity contribution is 0.531. The van der Waals surface area contributed by atoms with E-state index in [1.165, 1.54) is 0 Å². The quantitative estimate of drug-likeness (QED) is 0.577. The SMILES string of the molecule is N[C@@H]1CC[C@H](CS(=O)O)C1. The normalized spacial score (nSPS) is 36.2. The third kappa shape index (κ3) is 2.36. The third-order valence-corrected chi connectivity index (χ3v) is 2.72. The van der Waals surface area contributed by atoms with Crippen molar-refractivity contribution in [3.8, 4) is 0 Å². The van der Waals surface area contributed by atoms with Crippen LogP contribution in [0.15, 0.2) is 0 Å². The van der Waals surface area contributed by atoms with Crippen molar-refractivity contribution >= 4 is 11.1 Å². The summed E-state index contributed by atoms with van der Waals surface area (Å²) in [4.78, 5) is 0. The first-order valence-electron chi connectivity index (χ1n) is 3.51. The monoisotopic (exact) mass is 163 g/mol. The molecule has 10 heavy (non-hydrogen) atoms. The van der Waals surface area contributed by atoms with Gasteiger partial charge in [0.05, 0.1) is 5.75 Å². The molecule has 0 radical (unpaired) electrons. The average molecular weight is 163 g/mol. The molecule has 0 bridgehead atoms. The van der Waals surface area contributed by atoms with Crippen LogP contribution in [0.25, 0.3) is 0 Å². The molecule has 0 aromatic carbocycles. The Morgan fingerprint density at radius 3 is 2.70 bits per heavy atom. The fraction of sp³-hybridized carbons (Fsp3) is 1.00. The van der Waals surface area contributed by atoms with Gasteiger partial charge in [0.1, 0.15) is 0 Å². The summed E-state index contributed by atoms with van der Waals surface area (Å²) in [6.07, 6.45) is 2.96. The van der Waals surface area contributed by atoms with E-state index in [1.54, 1.807) is 0 Å². The molecule has 60 valence electrons. The Kier molecular flexibility index (Phi) is 2.82. The van der Waals surface area contributed by atoms with Crippen molar-refractivity contribution in [2.45, 2.75) is 25.3 Å². The highest BCUT2D eigenvalue weighted by Crippen LogP contribution is 2.24. The van der Waals surface area contributed by atoms with Crippen LogP contribution in [0.5, 0.6) is 0 Å². The summed E-state index contributed by atoms with van der Waals surface area (Å²) in [5, 5.41) is 0. The van der Waals surface area contributed by atoms with Crippen LogP contribution >= 0.6 is 0 Å². The van der Waals surface area contributed by atoms with E-state index in [0.29, 0.717) is 11.7 Å². The molecular formula is C6H13NO2S. The second-order valence-corrected chi connectivity index (χ2v) is 3.90. The highest BCUT2D eigenvalue weighted by molar-refractivity contribution is 7.79. The smallest absolute Gasteiger partial charge is 0.153 e. The molecule has 3 atom stereocenters. The molecule has 3 N–H and O–H groups in total. The van der Waals surface area contributed by atoms with Gasteiger partial charge in [0.25, 0.3) is 0 Å². The molecule has 0 aliphatic heterocycles. The van der Waals surface area contributed by atoms with Gasteiger partial charge in [-0.2, -0.15) is 0 Å². The van der Waals surface area contributed by atoms with Crippen LogP contribution in [0.4, 0.5) is 0 Å². The molecule has 1 aliphatic rings. The maximum Gasteiger partial charge on any atom is 0.153 e. The van der Waals surface area contributed by atoms with Gasteiger partial charge in [0.2, 0.25) is 0 Å². The standard InChI is InChI=1S/C6H13NO2S/c7-6-2-1-5(3-6)4-10(8)9/h5-6H,1-4,7H2,(H,8,9)/t5-,6+/m0/s1. The highest BCUT2D eigenvalue weighted by Gasteiger charge is 2.22. The lowest BCUT2D eigenvalue weighted by Crippen LogP contribution is -2.16. The molecule has 0 aromatic rings. The van der Waals surface area contributed by atoms with Crippen molar-refractivity contribution in [3.05, 3.63) is 0 Å². The maximum absolute atomic E-state index is 10.3. The van der Waals surface area contributed by atoms with Crippen molar-refractivity contribution < 1.29 is 8.76 Å². The van der Waals surface area contributed by atoms with Gasteiger partial charge in [0, 0.05) is 6.04 Å². The van der Waals surface area contributed by atoms with Crippen LogP contribution in [0.2, 0.25) is 0 Å². The Hall–Kier alpha value is 0.0700. The molecule has 1 unspecified atom stereocenters. The first kappa shape index (κ1) is 8.17. The average Bonchev–Trinajstić information content (AvgIpc) is 2.13. The molecule has 0 amide bonds. The fourth-order valence-corrected chi connectivity index (χ4v) is 2.17. The van der Waals surface area contributed by atoms with Crippen LogP contribution in [0.1, 0.15) is 19.3 Å². The van der Waals surface area contributed by atoms with E-state index in [9.17, 15) is 4.21 Å². The zero-order chi connectivity index (χ0) is 7.56. The fourth-order valence-electron chi connectivity index (χ4n) is 1.47. The Balaban J connectivity index is 2.24. The lowest BCUT2D eigenvalue weighted by Gasteiger charge is -2.04. The van der Waals surface area contributed by atoms with Gasteiger partial charge >= 0.3 is 0 Å². The third-order valence-electron chi connectivity index (χ3n) is 1.96. The molecule has 0 spiro atoms. The van der Waals surface area contributed by atoms with E-state index in [1.807, 2.05) is 0 Å². The number of nitrogens with two attached hydrogens (primary N) is 1. The lowest BCUT2D eigenvalue weighted by atomic mass is 10.1. The Bertz CT molecular complexity index is 140. The van der Waals surface area contributed by atoms with Crippen molar-refractivity contribution in [3.63, 3.8) is 0 Å². The largest absolute Gasteiger partial charge is 0.328 e. The summed E-state index contributed by atoms with van der Waals surface area (Å²) in [6, 6.07) is 0.272. The van der Waals surface area contributed by atoms with Crippen LogP contribution in [-0.2, 0) is 11.1 Å². The van der Waals surface area contributed by atoms with E-state index < -0.39 is 11.1 Å². The summed E-state index contributed by atoms with van der Waals surface area (Å²) < 4.78 is 18.9. The summed E-state index contributed by atoms with van der Waals surface area (Å²) >= 11 is -1.63. The topological polar surface area (TPSA) is 63.3 Å². The van der Waals surface area contributed by atoms with Crippen molar-refractivity contribution in [1.82, 2.24) is 0 Å². The molecule has 0 saturated heterocycles. The Labute approximate surface area is 63.3 Å². The summed E-state index contributed by atoms with van der Waals surface area (Å²) in [5.74, 6) is 0.800. The molecule has 4 heteroatoms. The van der Waals surface area contributed by atoms with Gasteiger partial charge < -0.3 is 10.3 Å². The predicted molar refractivity (Wildman–Crippen MR) is 41.0 cm³/mol. The van der Waals surface area contributed by atoms with E-state index in [-0.39, 0.29) is 6.04 Å². The molecular weight excluding hydrogens is 150 g/mol. The second-order valence-electron chi connectivity index (χ2n) is 2.93. The molecule has 1 fully saturated rings. The minimum atomic E-state index is -1.63. The molecule has 3 nitrogen and oxygen atoms in total. The van der Waals surface area contributed by atoms with Gasteiger partial charge in [0.15, 0.2) is 11.1 Å². The van der Waals surface area contributed by atoms with Gasteiger partial charge in [-0.1, -0.05) is 0 Å². The number of rotatable bonds is 2. The molecule has 1 saturated carbocycles. The van der Waals surface area contributed by atoms with Crippen LogP contribution < -0.4 is 5.73 Å². The van der Waals surface area contributed by atoms with E-state index in [0.717, 1.165) is 19.3 Å². The zero-order valence-electron chi connectivity index (χ0n) is 5.82. The zero-order valence-corrected chi connectivity index (χ0v) is 6.64. The van der Waals surface area contributed by atoms with Crippen molar-refractivity contribution in [2.75, 3.05) is 5.75 Å². The maximum atomic E-state index is 10.3. The first-order chi connectivity index (χ1) is 4.68.